The summed E-state index contributed by atoms with van der Waals surface area (Å²) >= 11 is 0. The summed E-state index contributed by atoms with van der Waals surface area (Å²) in [6.07, 6.45) is 1.74. The summed E-state index contributed by atoms with van der Waals surface area (Å²) in [5, 5.41) is 39.2. The number of carbonyl (C=O) groups is 1. The maximum absolute atomic E-state index is 12.3. The van der Waals surface area contributed by atoms with E-state index in [4.69, 9.17) is 0 Å². The number of fused-ring (bicyclic) bond motifs is 1. The molecule has 7 nitrogen and oxygen atoms in total. The molecule has 0 amide bonds. The Hall–Kier alpha value is -3.35. The van der Waals surface area contributed by atoms with Crippen LogP contribution in [0.25, 0.3) is 6.08 Å². The van der Waals surface area contributed by atoms with Crippen molar-refractivity contribution in [3.8, 4) is 17.2 Å². The number of aromatic hydroxyl groups is 3. The van der Waals surface area contributed by atoms with E-state index >= 15 is 0 Å². The van der Waals surface area contributed by atoms with Gasteiger partial charge in [-0.05, 0) is 35.4 Å². The fraction of sp³-hybridized carbons (Fsp3) is 0.0625. The maximum Gasteiger partial charge on any atom is 0.311 e. The number of Topliss-reactive ketones (excluding diaryl/α,β-unsaturated/α-hetero) is 1. The van der Waals surface area contributed by atoms with E-state index in [1.165, 1.54) is 36.4 Å². The predicted molar refractivity (Wildman–Crippen MR) is 80.5 cm³/mol. The highest BCUT2D eigenvalue weighted by molar-refractivity contribution is 6.15. The molecule has 0 heterocycles. The van der Waals surface area contributed by atoms with Crippen molar-refractivity contribution in [1.82, 2.24) is 0 Å². The van der Waals surface area contributed by atoms with E-state index in [0.29, 0.717) is 22.3 Å². The minimum absolute atomic E-state index is 0.247. The first kappa shape index (κ1) is 14.6. The number of phenolic OH excluding ortho intramolecular Hbond substituents is 3. The maximum atomic E-state index is 12.3. The van der Waals surface area contributed by atoms with Gasteiger partial charge in [-0.1, -0.05) is 6.07 Å². The van der Waals surface area contributed by atoms with Crippen LogP contribution in [0.3, 0.4) is 0 Å². The molecule has 0 spiro atoms. The molecule has 0 unspecified atom stereocenters. The molecule has 0 aliphatic heterocycles. The van der Waals surface area contributed by atoms with Gasteiger partial charge >= 0.3 is 5.69 Å². The molecule has 2 aromatic carbocycles. The first-order valence-corrected chi connectivity index (χ1v) is 6.64. The Labute approximate surface area is 129 Å². The molecule has 0 radical (unpaired) electrons. The van der Waals surface area contributed by atoms with Crippen molar-refractivity contribution in [2.75, 3.05) is 0 Å². The van der Waals surface area contributed by atoms with Crippen LogP contribution in [0.2, 0.25) is 0 Å². The van der Waals surface area contributed by atoms with Gasteiger partial charge in [0.25, 0.3) is 0 Å². The van der Waals surface area contributed by atoms with Crippen molar-refractivity contribution in [3.05, 3.63) is 62.7 Å². The fourth-order valence-electron chi connectivity index (χ4n) is 2.53. The zero-order valence-electron chi connectivity index (χ0n) is 11.7. The third-order valence-corrected chi connectivity index (χ3v) is 3.65. The summed E-state index contributed by atoms with van der Waals surface area (Å²) in [6, 6.07) is 6.35. The second-order valence-corrected chi connectivity index (χ2v) is 5.18. The Balaban J connectivity index is 2.01. The molecule has 23 heavy (non-hydrogen) atoms. The molecule has 0 fully saturated rings. The van der Waals surface area contributed by atoms with E-state index < -0.39 is 16.4 Å². The number of phenols is 3. The standard InChI is InChI=1S/C16H11NO6/c18-13-2-1-8(4-12(13)17(22)23)3-10-5-9-6-14(19)15(20)7-11(9)16(10)21/h1-4,6-7,18-20H,5H2/b10-3+. The molecule has 0 saturated carbocycles. The van der Waals surface area contributed by atoms with Gasteiger partial charge in [0.05, 0.1) is 4.92 Å². The van der Waals surface area contributed by atoms with Gasteiger partial charge in [0.2, 0.25) is 0 Å². The van der Waals surface area contributed by atoms with E-state index in [1.54, 1.807) is 0 Å². The average Bonchev–Trinajstić information content (AvgIpc) is 2.78. The summed E-state index contributed by atoms with van der Waals surface area (Å²) in [4.78, 5) is 22.4. The largest absolute Gasteiger partial charge is 0.504 e. The number of nitro groups is 1. The lowest BCUT2D eigenvalue weighted by atomic mass is 10.1. The molecule has 1 aliphatic rings. The molecule has 0 bridgehead atoms. The zero-order valence-corrected chi connectivity index (χ0v) is 11.7. The Morgan fingerprint density at radius 1 is 1.04 bits per heavy atom. The van der Waals surface area contributed by atoms with Gasteiger partial charge in [-0.3, -0.25) is 14.9 Å². The summed E-state index contributed by atoms with van der Waals surface area (Å²) < 4.78 is 0. The van der Waals surface area contributed by atoms with Crippen LogP contribution in [0.15, 0.2) is 35.9 Å². The van der Waals surface area contributed by atoms with Crippen LogP contribution in [-0.4, -0.2) is 26.0 Å². The second kappa shape index (κ2) is 5.13. The van der Waals surface area contributed by atoms with E-state index in [2.05, 4.69) is 0 Å². The van der Waals surface area contributed by atoms with Crippen LogP contribution >= 0.6 is 0 Å². The molecule has 1 aliphatic carbocycles. The molecule has 0 aromatic heterocycles. The molecular weight excluding hydrogens is 302 g/mol. The van der Waals surface area contributed by atoms with Crippen LogP contribution in [0.5, 0.6) is 17.2 Å². The molecule has 116 valence electrons. The number of rotatable bonds is 2. The summed E-state index contributed by atoms with van der Waals surface area (Å²) in [5.41, 5.74) is 1.20. The lowest BCUT2D eigenvalue weighted by Gasteiger charge is -2.00. The summed E-state index contributed by atoms with van der Waals surface area (Å²) in [7, 11) is 0. The third-order valence-electron chi connectivity index (χ3n) is 3.65. The van der Waals surface area contributed by atoms with Gasteiger partial charge < -0.3 is 15.3 Å². The molecule has 2 aromatic rings. The topological polar surface area (TPSA) is 121 Å². The molecule has 3 N–H and O–H groups in total. The van der Waals surface area contributed by atoms with Crippen molar-refractivity contribution in [2.24, 2.45) is 0 Å². The average molecular weight is 313 g/mol. The van der Waals surface area contributed by atoms with Crippen LogP contribution in [-0.2, 0) is 6.42 Å². The van der Waals surface area contributed by atoms with Crippen LogP contribution in [0.1, 0.15) is 21.5 Å². The highest BCUT2D eigenvalue weighted by Gasteiger charge is 2.26. The Morgan fingerprint density at radius 2 is 1.74 bits per heavy atom. The first-order chi connectivity index (χ1) is 10.9. The van der Waals surface area contributed by atoms with Gasteiger partial charge in [0.15, 0.2) is 23.0 Å². The number of hydrogen-bond donors (Lipinski definition) is 3. The SMILES string of the molecule is O=C1/C(=C/c2ccc(O)c([N+](=O)[O-])c2)Cc2cc(O)c(O)cc21. The van der Waals surface area contributed by atoms with Crippen LogP contribution in [0.4, 0.5) is 5.69 Å². The van der Waals surface area contributed by atoms with E-state index in [1.807, 2.05) is 0 Å². The third kappa shape index (κ3) is 2.48. The molecule has 0 atom stereocenters. The normalized spacial score (nSPS) is 15.0. The summed E-state index contributed by atoms with van der Waals surface area (Å²) in [5.74, 6) is -1.45. The number of nitro benzene ring substituents is 1. The van der Waals surface area contributed by atoms with Gasteiger partial charge in [-0.15, -0.1) is 0 Å². The van der Waals surface area contributed by atoms with Crippen molar-refractivity contribution < 1.29 is 25.0 Å². The van der Waals surface area contributed by atoms with Gasteiger partial charge in [0, 0.05) is 23.6 Å². The Bertz CT molecular complexity index is 884. The van der Waals surface area contributed by atoms with Crippen LogP contribution in [0, 0.1) is 10.1 Å². The Kier molecular flexibility index (Phi) is 3.25. The first-order valence-electron chi connectivity index (χ1n) is 6.64. The van der Waals surface area contributed by atoms with E-state index in [-0.39, 0.29) is 23.7 Å². The zero-order chi connectivity index (χ0) is 16.7. The molecule has 7 heteroatoms. The number of nitrogens with zero attached hydrogens (tertiary/aromatic N) is 1. The number of allylic oxidation sites excluding steroid dienone is 1. The van der Waals surface area contributed by atoms with Crippen molar-refractivity contribution in [3.63, 3.8) is 0 Å². The highest BCUT2D eigenvalue weighted by atomic mass is 16.6. The predicted octanol–water partition coefficient (Wildman–Crippen LogP) is 2.53. The van der Waals surface area contributed by atoms with E-state index in [0.717, 1.165) is 0 Å². The molecular formula is C16H11NO6. The quantitative estimate of drug-likeness (QED) is 0.339. The number of ketones is 1. The van der Waals surface area contributed by atoms with Gasteiger partial charge in [-0.25, -0.2) is 0 Å². The molecule has 0 saturated heterocycles. The van der Waals surface area contributed by atoms with Crippen molar-refractivity contribution >= 4 is 17.5 Å². The minimum Gasteiger partial charge on any atom is -0.504 e. The van der Waals surface area contributed by atoms with Gasteiger partial charge in [-0.2, -0.15) is 0 Å². The van der Waals surface area contributed by atoms with Crippen LogP contribution < -0.4 is 0 Å². The molecule has 3 rings (SSSR count). The summed E-state index contributed by atoms with van der Waals surface area (Å²) in [6.45, 7) is 0. The monoisotopic (exact) mass is 313 g/mol. The smallest absolute Gasteiger partial charge is 0.311 e. The number of carbonyl (C=O) groups excluding carboxylic acids is 1. The lowest BCUT2D eigenvalue weighted by molar-refractivity contribution is -0.385. The lowest BCUT2D eigenvalue weighted by Crippen LogP contribution is -1.95. The van der Waals surface area contributed by atoms with Crippen molar-refractivity contribution in [1.29, 1.82) is 0 Å². The highest BCUT2D eigenvalue weighted by Crippen LogP contribution is 2.36. The minimum atomic E-state index is -0.710. The fourth-order valence-corrected chi connectivity index (χ4v) is 2.53. The second-order valence-electron chi connectivity index (χ2n) is 5.18. The number of benzene rings is 2. The van der Waals surface area contributed by atoms with E-state index in [9.17, 15) is 30.2 Å². The van der Waals surface area contributed by atoms with Crippen molar-refractivity contribution in [2.45, 2.75) is 6.42 Å². The van der Waals surface area contributed by atoms with Gasteiger partial charge in [0.1, 0.15) is 0 Å². The number of hydrogen-bond acceptors (Lipinski definition) is 6. The Morgan fingerprint density at radius 3 is 2.43 bits per heavy atom.